The molecule has 0 aliphatic carbocycles. The number of nitro groups is 1. The fraction of sp³-hybridized carbons (Fsp3) is 0.382. The maximum atomic E-state index is 13.7. The Morgan fingerprint density at radius 1 is 0.800 bits per heavy atom. The Balaban J connectivity index is 1.82. The van der Waals surface area contributed by atoms with E-state index in [1.807, 2.05) is 60.7 Å². The number of ether oxygens (including phenoxy) is 2. The van der Waals surface area contributed by atoms with E-state index < -0.39 is 46.1 Å². The molecule has 3 aromatic rings. The van der Waals surface area contributed by atoms with Gasteiger partial charge in [0.1, 0.15) is 17.8 Å². The molecular formula is C34H42N4O7. The Labute approximate surface area is 263 Å². The van der Waals surface area contributed by atoms with Crippen molar-refractivity contribution in [1.29, 1.82) is 0 Å². The van der Waals surface area contributed by atoms with E-state index >= 15 is 0 Å². The Morgan fingerprint density at radius 3 is 1.98 bits per heavy atom. The van der Waals surface area contributed by atoms with Gasteiger partial charge in [-0.15, -0.1) is 0 Å². The number of alkyl carbamates (subject to hydrolysis) is 1. The van der Waals surface area contributed by atoms with Crippen molar-refractivity contribution in [3.8, 4) is 0 Å². The predicted octanol–water partition coefficient (Wildman–Crippen LogP) is 5.17. The third kappa shape index (κ3) is 11.0. The van der Waals surface area contributed by atoms with Gasteiger partial charge < -0.3 is 25.4 Å². The molecule has 3 amide bonds. The van der Waals surface area contributed by atoms with Gasteiger partial charge in [0.15, 0.2) is 0 Å². The molecule has 3 rings (SSSR count). The number of amides is 3. The van der Waals surface area contributed by atoms with Gasteiger partial charge in [-0.05, 0) is 45.7 Å². The highest BCUT2D eigenvalue weighted by Crippen LogP contribution is 2.31. The molecule has 240 valence electrons. The minimum absolute atomic E-state index is 0.165. The lowest BCUT2D eigenvalue weighted by Crippen LogP contribution is -2.57. The molecule has 0 aliphatic heterocycles. The van der Waals surface area contributed by atoms with Gasteiger partial charge in [0, 0.05) is 24.5 Å². The van der Waals surface area contributed by atoms with Gasteiger partial charge in [-0.1, -0.05) is 78.9 Å². The summed E-state index contributed by atoms with van der Waals surface area (Å²) >= 11 is 0. The summed E-state index contributed by atoms with van der Waals surface area (Å²) in [5.74, 6) is -1.09. The maximum absolute atomic E-state index is 13.7. The molecule has 0 saturated carbocycles. The van der Waals surface area contributed by atoms with Gasteiger partial charge in [0.2, 0.25) is 11.8 Å². The average molecular weight is 619 g/mol. The SMILES string of the molecule is CC(C)(C)OC(=O)N[C@@H](Cc1ccccc1)C(=O)N[C@@H](CCOCc1ccccc1)NC(=O)C(C)(C)c1ccccc1[N+](=O)[O-]. The van der Waals surface area contributed by atoms with E-state index in [1.54, 1.807) is 40.7 Å². The molecule has 0 spiro atoms. The van der Waals surface area contributed by atoms with Gasteiger partial charge in [0.05, 0.1) is 23.6 Å². The van der Waals surface area contributed by atoms with Crippen molar-refractivity contribution in [3.05, 3.63) is 112 Å². The van der Waals surface area contributed by atoms with Crippen molar-refractivity contribution >= 4 is 23.6 Å². The molecule has 11 nitrogen and oxygen atoms in total. The first-order chi connectivity index (χ1) is 21.3. The van der Waals surface area contributed by atoms with E-state index in [2.05, 4.69) is 16.0 Å². The number of nitrogens with one attached hydrogen (secondary N) is 3. The molecule has 0 bridgehead atoms. The maximum Gasteiger partial charge on any atom is 0.408 e. The number of nitrogens with zero attached hydrogens (tertiary/aromatic N) is 1. The van der Waals surface area contributed by atoms with Crippen LogP contribution in [0.25, 0.3) is 0 Å². The summed E-state index contributed by atoms with van der Waals surface area (Å²) < 4.78 is 11.2. The summed E-state index contributed by atoms with van der Waals surface area (Å²) in [4.78, 5) is 51.2. The highest BCUT2D eigenvalue weighted by molar-refractivity contribution is 5.90. The van der Waals surface area contributed by atoms with Gasteiger partial charge >= 0.3 is 6.09 Å². The van der Waals surface area contributed by atoms with Crippen LogP contribution in [0.2, 0.25) is 0 Å². The molecule has 0 heterocycles. The summed E-state index contributed by atoms with van der Waals surface area (Å²) in [5, 5.41) is 20.0. The highest BCUT2D eigenvalue weighted by Gasteiger charge is 2.37. The molecule has 2 atom stereocenters. The summed E-state index contributed by atoms with van der Waals surface area (Å²) in [7, 11) is 0. The van der Waals surface area contributed by atoms with E-state index in [0.29, 0.717) is 6.61 Å². The third-order valence-corrected chi connectivity index (χ3v) is 6.92. The number of carbonyl (C=O) groups is 3. The lowest BCUT2D eigenvalue weighted by Gasteiger charge is -2.29. The lowest BCUT2D eigenvalue weighted by atomic mass is 9.82. The standard InChI is InChI=1S/C34H42N4O7/c1-33(2,3)45-32(41)35-27(22-24-14-8-6-9-15-24)30(39)36-29(20-21-44-23-25-16-10-7-11-17-25)37-31(40)34(4,5)26-18-12-13-19-28(26)38(42)43/h6-19,27,29H,20-23H2,1-5H3,(H,35,41)(H,36,39)(H,37,40)/t27-,29+/m0/s1. The number of rotatable bonds is 14. The van der Waals surface area contributed by atoms with Crippen LogP contribution in [0.1, 0.15) is 57.7 Å². The lowest BCUT2D eigenvalue weighted by molar-refractivity contribution is -0.385. The van der Waals surface area contributed by atoms with Crippen LogP contribution in [0.5, 0.6) is 0 Å². The monoisotopic (exact) mass is 618 g/mol. The number of hydrogen-bond donors (Lipinski definition) is 3. The highest BCUT2D eigenvalue weighted by atomic mass is 16.6. The Hall–Kier alpha value is -4.77. The fourth-order valence-corrected chi connectivity index (χ4v) is 4.55. The predicted molar refractivity (Wildman–Crippen MR) is 170 cm³/mol. The molecule has 0 aliphatic rings. The third-order valence-electron chi connectivity index (χ3n) is 6.92. The van der Waals surface area contributed by atoms with Gasteiger partial charge in [-0.3, -0.25) is 19.7 Å². The van der Waals surface area contributed by atoms with Crippen LogP contribution in [-0.2, 0) is 37.5 Å². The molecule has 0 unspecified atom stereocenters. The molecule has 0 radical (unpaired) electrons. The molecule has 0 fully saturated rings. The van der Waals surface area contributed by atoms with Crippen molar-refractivity contribution in [2.24, 2.45) is 0 Å². The molecule has 45 heavy (non-hydrogen) atoms. The zero-order chi connectivity index (χ0) is 33.0. The first-order valence-electron chi connectivity index (χ1n) is 14.8. The average Bonchev–Trinajstić information content (AvgIpc) is 2.99. The Morgan fingerprint density at radius 2 is 1.38 bits per heavy atom. The van der Waals surface area contributed by atoms with Crippen molar-refractivity contribution in [2.45, 2.75) is 77.3 Å². The van der Waals surface area contributed by atoms with E-state index in [9.17, 15) is 24.5 Å². The van der Waals surface area contributed by atoms with Crippen molar-refractivity contribution in [1.82, 2.24) is 16.0 Å². The second-order valence-corrected chi connectivity index (χ2v) is 12.1. The number of carbonyl (C=O) groups excluding carboxylic acids is 3. The van der Waals surface area contributed by atoms with Crippen LogP contribution in [0.3, 0.4) is 0 Å². The second kappa shape index (κ2) is 15.8. The summed E-state index contributed by atoms with van der Waals surface area (Å²) in [6, 6.07) is 23.7. The number of hydrogen-bond acceptors (Lipinski definition) is 7. The molecule has 3 aromatic carbocycles. The van der Waals surface area contributed by atoms with E-state index in [4.69, 9.17) is 9.47 Å². The largest absolute Gasteiger partial charge is 0.444 e. The van der Waals surface area contributed by atoms with Crippen molar-refractivity contribution in [3.63, 3.8) is 0 Å². The van der Waals surface area contributed by atoms with Gasteiger partial charge in [0.25, 0.3) is 5.69 Å². The first-order valence-corrected chi connectivity index (χ1v) is 14.8. The molecule has 0 saturated heterocycles. The molecular weight excluding hydrogens is 576 g/mol. The minimum atomic E-state index is -1.32. The van der Waals surface area contributed by atoms with Crippen molar-refractivity contribution in [2.75, 3.05) is 6.61 Å². The topological polar surface area (TPSA) is 149 Å². The van der Waals surface area contributed by atoms with Gasteiger partial charge in [-0.25, -0.2) is 4.79 Å². The number of nitro benzene ring substituents is 1. The Kier molecular flexibility index (Phi) is 12.2. The molecule has 0 aromatic heterocycles. The smallest absolute Gasteiger partial charge is 0.408 e. The Bertz CT molecular complexity index is 1440. The van der Waals surface area contributed by atoms with Crippen LogP contribution >= 0.6 is 0 Å². The molecule has 11 heteroatoms. The normalized spacial score (nSPS) is 12.8. The summed E-state index contributed by atoms with van der Waals surface area (Å²) in [5.41, 5.74) is -0.297. The van der Waals surface area contributed by atoms with E-state index in [1.165, 1.54) is 18.2 Å². The van der Waals surface area contributed by atoms with Crippen LogP contribution in [-0.4, -0.2) is 47.2 Å². The quantitative estimate of drug-likeness (QED) is 0.0976. The number of para-hydroxylation sites is 1. The van der Waals surface area contributed by atoms with Crippen LogP contribution in [0.4, 0.5) is 10.5 Å². The summed E-state index contributed by atoms with van der Waals surface area (Å²) in [6.07, 6.45) is -1.34. The fourth-order valence-electron chi connectivity index (χ4n) is 4.55. The second-order valence-electron chi connectivity index (χ2n) is 12.1. The minimum Gasteiger partial charge on any atom is -0.444 e. The van der Waals surface area contributed by atoms with Crippen molar-refractivity contribution < 1.29 is 28.8 Å². The molecule has 3 N–H and O–H groups in total. The zero-order valence-corrected chi connectivity index (χ0v) is 26.4. The number of benzene rings is 3. The first kappa shape index (κ1) is 34.7. The van der Waals surface area contributed by atoms with Crippen LogP contribution in [0, 0.1) is 10.1 Å². The van der Waals surface area contributed by atoms with E-state index in [0.717, 1.165) is 11.1 Å². The summed E-state index contributed by atoms with van der Waals surface area (Å²) in [6.45, 7) is 8.83. The van der Waals surface area contributed by atoms with Crippen LogP contribution in [0.15, 0.2) is 84.9 Å². The van der Waals surface area contributed by atoms with E-state index in [-0.39, 0.29) is 30.7 Å². The zero-order valence-electron chi connectivity index (χ0n) is 26.4. The van der Waals surface area contributed by atoms with Gasteiger partial charge in [-0.2, -0.15) is 0 Å². The van der Waals surface area contributed by atoms with Crippen LogP contribution < -0.4 is 16.0 Å².